The first-order valence-corrected chi connectivity index (χ1v) is 6.53. The van der Waals surface area contributed by atoms with E-state index in [0.29, 0.717) is 5.56 Å². The van der Waals surface area contributed by atoms with Gasteiger partial charge in [0.25, 0.3) is 0 Å². The Morgan fingerprint density at radius 1 is 1.15 bits per heavy atom. The van der Waals surface area contributed by atoms with Gasteiger partial charge in [-0.25, -0.2) is 0 Å². The van der Waals surface area contributed by atoms with Crippen LogP contribution in [-0.2, 0) is 0 Å². The molecule has 1 heterocycles. The van der Waals surface area contributed by atoms with Gasteiger partial charge in [0.1, 0.15) is 5.84 Å². The largest absolute Gasteiger partial charge is 0.384 e. The van der Waals surface area contributed by atoms with Gasteiger partial charge in [-0.2, -0.15) is 0 Å². The second-order valence-electron chi connectivity index (χ2n) is 5.05. The van der Waals surface area contributed by atoms with Gasteiger partial charge < -0.3 is 10.6 Å². The third-order valence-corrected chi connectivity index (χ3v) is 3.36. The highest BCUT2D eigenvalue weighted by atomic mass is 15.1. The van der Waals surface area contributed by atoms with Crippen LogP contribution >= 0.6 is 0 Å². The highest BCUT2D eigenvalue weighted by Gasteiger charge is 2.15. The molecular weight excluding hydrogens is 248 g/mol. The van der Waals surface area contributed by atoms with E-state index in [2.05, 4.69) is 36.2 Å². The van der Waals surface area contributed by atoms with Gasteiger partial charge in [-0.3, -0.25) is 10.4 Å². The van der Waals surface area contributed by atoms with E-state index in [-0.39, 0.29) is 5.84 Å². The molecule has 4 nitrogen and oxygen atoms in total. The first kappa shape index (κ1) is 14.1. The number of anilines is 2. The smallest absolute Gasteiger partial charge is 0.126 e. The monoisotopic (exact) mass is 268 g/mol. The van der Waals surface area contributed by atoms with Crippen LogP contribution < -0.4 is 10.6 Å². The van der Waals surface area contributed by atoms with Gasteiger partial charge in [0, 0.05) is 18.4 Å². The summed E-state index contributed by atoms with van der Waals surface area (Å²) in [4.78, 5) is 6.44. The van der Waals surface area contributed by atoms with E-state index >= 15 is 0 Å². The molecule has 0 saturated heterocycles. The average molecular weight is 268 g/mol. The standard InChI is InChI=1S/C16H20N4/c1-10-5-7-13(8-6-10)20(4)14-9-11(2)19-12(3)15(14)16(17)18/h5-9H,1-4H3,(H3,17,18). The van der Waals surface area contributed by atoms with Gasteiger partial charge in [-0.1, -0.05) is 17.7 Å². The van der Waals surface area contributed by atoms with Crippen molar-refractivity contribution < 1.29 is 0 Å². The molecule has 0 saturated carbocycles. The number of hydrogen-bond donors (Lipinski definition) is 2. The van der Waals surface area contributed by atoms with Gasteiger partial charge in [-0.15, -0.1) is 0 Å². The fourth-order valence-electron chi connectivity index (χ4n) is 2.31. The zero-order valence-corrected chi connectivity index (χ0v) is 12.4. The quantitative estimate of drug-likeness (QED) is 0.664. The molecule has 104 valence electrons. The molecule has 3 N–H and O–H groups in total. The maximum atomic E-state index is 7.79. The first-order valence-electron chi connectivity index (χ1n) is 6.53. The van der Waals surface area contributed by atoms with E-state index in [9.17, 15) is 0 Å². The molecule has 0 amide bonds. The molecule has 2 aromatic rings. The van der Waals surface area contributed by atoms with Crippen molar-refractivity contribution in [2.75, 3.05) is 11.9 Å². The number of aryl methyl sites for hydroxylation is 3. The van der Waals surface area contributed by atoms with Crippen molar-refractivity contribution in [1.82, 2.24) is 4.98 Å². The third-order valence-electron chi connectivity index (χ3n) is 3.36. The summed E-state index contributed by atoms with van der Waals surface area (Å²) >= 11 is 0. The molecule has 20 heavy (non-hydrogen) atoms. The summed E-state index contributed by atoms with van der Waals surface area (Å²) in [6.07, 6.45) is 0. The number of nitrogens with two attached hydrogens (primary N) is 1. The second kappa shape index (κ2) is 5.33. The number of hydrogen-bond acceptors (Lipinski definition) is 3. The molecule has 0 unspecified atom stereocenters. The first-order chi connectivity index (χ1) is 9.40. The predicted octanol–water partition coefficient (Wildman–Crippen LogP) is 3.06. The molecule has 0 spiro atoms. The number of benzene rings is 1. The summed E-state index contributed by atoms with van der Waals surface area (Å²) in [5.74, 6) is 0.0453. The lowest BCUT2D eigenvalue weighted by Gasteiger charge is -2.24. The zero-order valence-electron chi connectivity index (χ0n) is 12.4. The Hall–Kier alpha value is -2.36. The lowest BCUT2D eigenvalue weighted by molar-refractivity contribution is 1.08. The lowest BCUT2D eigenvalue weighted by atomic mass is 10.1. The van der Waals surface area contributed by atoms with Crippen LogP contribution in [0.5, 0.6) is 0 Å². The summed E-state index contributed by atoms with van der Waals surface area (Å²) in [7, 11) is 1.98. The van der Waals surface area contributed by atoms with Crippen LogP contribution in [-0.4, -0.2) is 17.9 Å². The minimum Gasteiger partial charge on any atom is -0.384 e. The molecule has 0 radical (unpaired) electrons. The fraction of sp³-hybridized carbons (Fsp3) is 0.250. The van der Waals surface area contributed by atoms with Crippen LogP contribution in [0.3, 0.4) is 0 Å². The number of nitrogen functional groups attached to an aromatic ring is 1. The molecule has 0 aliphatic rings. The molecule has 0 bridgehead atoms. The van der Waals surface area contributed by atoms with E-state index in [1.165, 1.54) is 5.56 Å². The Balaban J connectivity index is 2.56. The second-order valence-corrected chi connectivity index (χ2v) is 5.05. The van der Waals surface area contributed by atoms with Crippen molar-refractivity contribution in [2.24, 2.45) is 5.73 Å². The SMILES string of the molecule is Cc1ccc(N(C)c2cc(C)nc(C)c2C(=N)N)cc1. The minimum atomic E-state index is 0.0453. The Kier molecular flexibility index (Phi) is 3.74. The van der Waals surface area contributed by atoms with E-state index in [0.717, 1.165) is 22.8 Å². The summed E-state index contributed by atoms with van der Waals surface area (Å²) in [5, 5.41) is 7.79. The topological polar surface area (TPSA) is 66.0 Å². The highest BCUT2D eigenvalue weighted by Crippen LogP contribution is 2.29. The zero-order chi connectivity index (χ0) is 14.9. The van der Waals surface area contributed by atoms with Crippen LogP contribution in [0.25, 0.3) is 0 Å². The van der Waals surface area contributed by atoms with Crippen LogP contribution in [0.1, 0.15) is 22.5 Å². The normalized spacial score (nSPS) is 10.4. The number of amidine groups is 1. The summed E-state index contributed by atoms with van der Waals surface area (Å²) in [6, 6.07) is 10.2. The molecule has 1 aromatic heterocycles. The van der Waals surface area contributed by atoms with Crippen molar-refractivity contribution >= 4 is 17.2 Å². The minimum absolute atomic E-state index is 0.0453. The molecule has 0 aliphatic heterocycles. The summed E-state index contributed by atoms with van der Waals surface area (Å²) in [5.41, 5.74) is 11.3. The van der Waals surface area contributed by atoms with Gasteiger partial charge in [0.05, 0.1) is 16.9 Å². The maximum absolute atomic E-state index is 7.79. The van der Waals surface area contributed by atoms with Crippen molar-refractivity contribution in [3.8, 4) is 0 Å². The number of nitrogens with zero attached hydrogens (tertiary/aromatic N) is 2. The Morgan fingerprint density at radius 2 is 1.75 bits per heavy atom. The molecule has 4 heteroatoms. The third kappa shape index (κ3) is 2.64. The number of rotatable bonds is 3. The Morgan fingerprint density at radius 3 is 2.30 bits per heavy atom. The Bertz CT molecular complexity index is 644. The van der Waals surface area contributed by atoms with Crippen LogP contribution in [0.4, 0.5) is 11.4 Å². The van der Waals surface area contributed by atoms with E-state index in [4.69, 9.17) is 11.1 Å². The molecular formula is C16H20N4. The van der Waals surface area contributed by atoms with E-state index in [1.54, 1.807) is 0 Å². The lowest BCUT2D eigenvalue weighted by Crippen LogP contribution is -2.21. The van der Waals surface area contributed by atoms with Gasteiger partial charge in [-0.05, 0) is 39.0 Å². The van der Waals surface area contributed by atoms with Crippen LogP contribution in [0, 0.1) is 26.2 Å². The average Bonchev–Trinajstić information content (AvgIpc) is 2.37. The van der Waals surface area contributed by atoms with Gasteiger partial charge in [0.2, 0.25) is 0 Å². The summed E-state index contributed by atoms with van der Waals surface area (Å²) in [6.45, 7) is 5.89. The molecule has 0 atom stereocenters. The van der Waals surface area contributed by atoms with E-state index < -0.39 is 0 Å². The van der Waals surface area contributed by atoms with Crippen LogP contribution in [0.2, 0.25) is 0 Å². The predicted molar refractivity (Wildman–Crippen MR) is 84.0 cm³/mol. The molecule has 1 aromatic carbocycles. The highest BCUT2D eigenvalue weighted by molar-refractivity contribution is 6.02. The number of aromatic nitrogens is 1. The Labute approximate surface area is 119 Å². The molecule has 0 fully saturated rings. The van der Waals surface area contributed by atoms with Crippen molar-refractivity contribution in [1.29, 1.82) is 5.41 Å². The van der Waals surface area contributed by atoms with Gasteiger partial charge in [0.15, 0.2) is 0 Å². The fourth-order valence-corrected chi connectivity index (χ4v) is 2.31. The van der Waals surface area contributed by atoms with E-state index in [1.807, 2.05) is 31.9 Å². The molecule has 0 aliphatic carbocycles. The molecule has 2 rings (SSSR count). The maximum Gasteiger partial charge on any atom is 0.126 e. The van der Waals surface area contributed by atoms with Gasteiger partial charge >= 0.3 is 0 Å². The van der Waals surface area contributed by atoms with Crippen LogP contribution in [0.15, 0.2) is 30.3 Å². The van der Waals surface area contributed by atoms with Crippen molar-refractivity contribution in [2.45, 2.75) is 20.8 Å². The van der Waals surface area contributed by atoms with Crippen molar-refractivity contribution in [3.05, 3.63) is 52.8 Å². The summed E-state index contributed by atoms with van der Waals surface area (Å²) < 4.78 is 0. The number of nitrogens with one attached hydrogen (secondary N) is 1. The van der Waals surface area contributed by atoms with Crippen molar-refractivity contribution in [3.63, 3.8) is 0 Å². The number of pyridine rings is 1.